The van der Waals surface area contributed by atoms with Gasteiger partial charge in [0.1, 0.15) is 11.8 Å². The average molecular weight is 465 g/mol. The van der Waals surface area contributed by atoms with E-state index < -0.39 is 6.04 Å². The summed E-state index contributed by atoms with van der Waals surface area (Å²) in [5, 5.41) is 4.15. The number of hydrogen-bond acceptors (Lipinski definition) is 3. The number of halogens is 2. The van der Waals surface area contributed by atoms with Crippen LogP contribution in [0.15, 0.2) is 36.4 Å². The van der Waals surface area contributed by atoms with Crippen molar-refractivity contribution in [2.24, 2.45) is 5.92 Å². The molecule has 0 aliphatic rings. The van der Waals surface area contributed by atoms with E-state index in [4.69, 9.17) is 27.9 Å². The van der Waals surface area contributed by atoms with Crippen LogP contribution in [0.25, 0.3) is 0 Å². The number of nitrogens with one attached hydrogen (secondary N) is 1. The molecular weight excluding hydrogens is 435 g/mol. The van der Waals surface area contributed by atoms with Crippen LogP contribution in [-0.2, 0) is 16.1 Å². The van der Waals surface area contributed by atoms with Crippen molar-refractivity contribution in [2.75, 3.05) is 13.2 Å². The highest BCUT2D eigenvalue weighted by molar-refractivity contribution is 6.32. The van der Waals surface area contributed by atoms with E-state index in [2.05, 4.69) is 5.32 Å². The quantitative estimate of drug-likeness (QED) is 0.555. The van der Waals surface area contributed by atoms with E-state index in [0.717, 1.165) is 16.7 Å². The number of aryl methyl sites for hydroxylation is 2. The smallest absolute Gasteiger partial charge is 0.261 e. The van der Waals surface area contributed by atoms with Gasteiger partial charge in [-0.25, -0.2) is 0 Å². The van der Waals surface area contributed by atoms with Gasteiger partial charge >= 0.3 is 0 Å². The van der Waals surface area contributed by atoms with E-state index >= 15 is 0 Å². The number of carbonyl (C=O) groups excluding carboxylic acids is 2. The van der Waals surface area contributed by atoms with Gasteiger partial charge in [0.15, 0.2) is 6.61 Å². The van der Waals surface area contributed by atoms with Crippen molar-refractivity contribution in [1.29, 1.82) is 0 Å². The summed E-state index contributed by atoms with van der Waals surface area (Å²) >= 11 is 12.3. The van der Waals surface area contributed by atoms with Gasteiger partial charge in [-0.05, 0) is 67.6 Å². The third-order valence-corrected chi connectivity index (χ3v) is 5.70. The minimum absolute atomic E-state index is 0.192. The van der Waals surface area contributed by atoms with E-state index in [9.17, 15) is 9.59 Å². The Bertz CT molecular complexity index is 908. The Morgan fingerprint density at radius 1 is 1.06 bits per heavy atom. The zero-order valence-corrected chi connectivity index (χ0v) is 20.2. The van der Waals surface area contributed by atoms with Gasteiger partial charge in [0.2, 0.25) is 5.91 Å². The second-order valence-corrected chi connectivity index (χ2v) is 8.94. The van der Waals surface area contributed by atoms with Gasteiger partial charge < -0.3 is 15.0 Å². The Labute approximate surface area is 194 Å². The van der Waals surface area contributed by atoms with Gasteiger partial charge in [-0.15, -0.1) is 0 Å². The van der Waals surface area contributed by atoms with E-state index in [1.807, 2.05) is 39.8 Å². The molecule has 31 heavy (non-hydrogen) atoms. The molecule has 168 valence electrons. The molecule has 0 aromatic heterocycles. The zero-order chi connectivity index (χ0) is 23.1. The van der Waals surface area contributed by atoms with Crippen LogP contribution in [-0.4, -0.2) is 35.9 Å². The summed E-state index contributed by atoms with van der Waals surface area (Å²) in [4.78, 5) is 27.3. The molecule has 0 fully saturated rings. The predicted molar refractivity (Wildman–Crippen MR) is 126 cm³/mol. The number of benzene rings is 2. The summed E-state index contributed by atoms with van der Waals surface area (Å²) in [6, 6.07) is 10.2. The Balaban J connectivity index is 2.17. The lowest BCUT2D eigenvalue weighted by Crippen LogP contribution is -2.49. The summed E-state index contributed by atoms with van der Waals surface area (Å²) in [6.07, 6.45) is 0. The molecule has 7 heteroatoms. The second kappa shape index (κ2) is 11.4. The molecule has 1 N–H and O–H groups in total. The summed E-state index contributed by atoms with van der Waals surface area (Å²) < 4.78 is 5.75. The first kappa shape index (κ1) is 25.0. The lowest BCUT2D eigenvalue weighted by atomic mass is 10.1. The molecule has 0 aliphatic heterocycles. The van der Waals surface area contributed by atoms with E-state index in [0.29, 0.717) is 28.3 Å². The second-order valence-electron chi connectivity index (χ2n) is 8.13. The molecule has 0 heterocycles. The van der Waals surface area contributed by atoms with Crippen molar-refractivity contribution >= 4 is 35.0 Å². The first-order valence-electron chi connectivity index (χ1n) is 10.3. The van der Waals surface area contributed by atoms with Gasteiger partial charge in [-0.2, -0.15) is 0 Å². The Morgan fingerprint density at radius 3 is 2.29 bits per heavy atom. The highest BCUT2D eigenvalue weighted by atomic mass is 35.5. The molecule has 0 unspecified atom stereocenters. The van der Waals surface area contributed by atoms with Crippen LogP contribution in [0.1, 0.15) is 37.5 Å². The van der Waals surface area contributed by atoms with Crippen LogP contribution in [0.4, 0.5) is 0 Å². The predicted octanol–water partition coefficient (Wildman–Crippen LogP) is 5.18. The standard InChI is InChI=1S/C24H30Cl2N2O3/c1-15(2)12-27-24(30)18(5)28(13-19-7-6-8-20(25)11-19)22(29)14-31-21-9-16(3)23(26)17(4)10-21/h6-11,15,18H,12-14H2,1-5H3,(H,27,30)/t18-/m0/s1. The molecule has 0 aliphatic carbocycles. The van der Waals surface area contributed by atoms with Gasteiger partial charge in [-0.3, -0.25) is 9.59 Å². The summed E-state index contributed by atoms with van der Waals surface area (Å²) in [7, 11) is 0. The third kappa shape index (κ3) is 7.44. The number of carbonyl (C=O) groups is 2. The minimum Gasteiger partial charge on any atom is -0.484 e. The molecule has 2 amide bonds. The van der Waals surface area contributed by atoms with E-state index in [1.54, 1.807) is 31.2 Å². The molecule has 0 saturated carbocycles. The molecule has 0 saturated heterocycles. The fourth-order valence-corrected chi connectivity index (χ4v) is 3.41. The monoisotopic (exact) mass is 464 g/mol. The normalized spacial score (nSPS) is 11.9. The Hall–Kier alpha value is -2.24. The number of ether oxygens (including phenoxy) is 1. The van der Waals surface area contributed by atoms with Gasteiger partial charge in [-0.1, -0.05) is 49.2 Å². The van der Waals surface area contributed by atoms with Crippen molar-refractivity contribution in [3.63, 3.8) is 0 Å². The first-order chi connectivity index (χ1) is 14.6. The van der Waals surface area contributed by atoms with Crippen LogP contribution < -0.4 is 10.1 Å². The van der Waals surface area contributed by atoms with Crippen LogP contribution in [0.2, 0.25) is 10.0 Å². The average Bonchev–Trinajstić information content (AvgIpc) is 2.71. The summed E-state index contributed by atoms with van der Waals surface area (Å²) in [5.41, 5.74) is 2.59. The molecule has 0 bridgehead atoms. The van der Waals surface area contributed by atoms with Crippen LogP contribution in [0.5, 0.6) is 5.75 Å². The first-order valence-corrected chi connectivity index (χ1v) is 11.0. The SMILES string of the molecule is Cc1cc(OCC(=O)N(Cc2cccc(Cl)c2)[C@@H](C)C(=O)NCC(C)C)cc(C)c1Cl. The minimum atomic E-state index is -0.664. The molecule has 2 aromatic carbocycles. The van der Waals surface area contributed by atoms with Gasteiger partial charge in [0.05, 0.1) is 0 Å². The molecule has 0 spiro atoms. The fraction of sp³-hybridized carbons (Fsp3) is 0.417. The van der Waals surface area contributed by atoms with Gasteiger partial charge in [0.25, 0.3) is 5.91 Å². The summed E-state index contributed by atoms with van der Waals surface area (Å²) in [5.74, 6) is 0.375. The van der Waals surface area contributed by atoms with Crippen molar-refractivity contribution < 1.29 is 14.3 Å². The maximum atomic E-state index is 13.1. The maximum absolute atomic E-state index is 13.1. The molecular formula is C24H30Cl2N2O3. The zero-order valence-electron chi connectivity index (χ0n) is 18.7. The van der Waals surface area contributed by atoms with E-state index in [1.165, 1.54) is 4.90 Å². The van der Waals surface area contributed by atoms with E-state index in [-0.39, 0.29) is 25.0 Å². The maximum Gasteiger partial charge on any atom is 0.261 e. The molecule has 5 nitrogen and oxygen atoms in total. The fourth-order valence-electron chi connectivity index (χ4n) is 3.08. The van der Waals surface area contributed by atoms with Crippen LogP contribution in [0, 0.1) is 19.8 Å². The number of nitrogens with zero attached hydrogens (tertiary/aromatic N) is 1. The third-order valence-electron chi connectivity index (χ3n) is 4.87. The van der Waals surface area contributed by atoms with Gasteiger partial charge in [0, 0.05) is 23.1 Å². The lowest BCUT2D eigenvalue weighted by molar-refractivity contribution is -0.142. The highest BCUT2D eigenvalue weighted by Gasteiger charge is 2.26. The van der Waals surface area contributed by atoms with Crippen molar-refractivity contribution in [3.8, 4) is 5.75 Å². The van der Waals surface area contributed by atoms with Crippen LogP contribution in [0.3, 0.4) is 0 Å². The molecule has 2 aromatic rings. The topological polar surface area (TPSA) is 58.6 Å². The Morgan fingerprint density at radius 2 is 1.71 bits per heavy atom. The molecule has 0 radical (unpaired) electrons. The number of rotatable bonds is 9. The molecule has 1 atom stereocenters. The highest BCUT2D eigenvalue weighted by Crippen LogP contribution is 2.26. The summed E-state index contributed by atoms with van der Waals surface area (Å²) in [6.45, 7) is 10.1. The Kier molecular flexibility index (Phi) is 9.20. The van der Waals surface area contributed by atoms with Crippen molar-refractivity contribution in [1.82, 2.24) is 10.2 Å². The largest absolute Gasteiger partial charge is 0.484 e. The lowest BCUT2D eigenvalue weighted by Gasteiger charge is -2.29. The number of amides is 2. The van der Waals surface area contributed by atoms with Crippen LogP contribution >= 0.6 is 23.2 Å². The van der Waals surface area contributed by atoms with Crippen molar-refractivity contribution in [3.05, 3.63) is 63.1 Å². The number of hydrogen-bond donors (Lipinski definition) is 1. The molecule has 2 rings (SSSR count). The van der Waals surface area contributed by atoms with Crippen molar-refractivity contribution in [2.45, 2.75) is 47.2 Å².